The maximum absolute atomic E-state index is 6.52. The SMILES string of the molecule is CC(C)(C)NC(=S)N1CCn2cccc2C1c1ccc(Cl)cc1Cl. The molecule has 0 bridgehead atoms. The normalized spacial score (nSPS) is 17.5. The second-order valence-corrected chi connectivity index (χ2v) is 8.30. The van der Waals surface area contributed by atoms with Crippen molar-refractivity contribution in [3.05, 3.63) is 57.8 Å². The summed E-state index contributed by atoms with van der Waals surface area (Å²) in [7, 11) is 0. The second kappa shape index (κ2) is 6.58. The summed E-state index contributed by atoms with van der Waals surface area (Å²) in [6.45, 7) is 8.05. The Labute approximate surface area is 158 Å². The molecule has 0 spiro atoms. The van der Waals surface area contributed by atoms with Crippen molar-refractivity contribution in [1.29, 1.82) is 0 Å². The molecule has 2 aromatic rings. The Balaban J connectivity index is 2.04. The maximum Gasteiger partial charge on any atom is 0.170 e. The van der Waals surface area contributed by atoms with E-state index in [0.717, 1.165) is 23.8 Å². The van der Waals surface area contributed by atoms with Gasteiger partial charge in [0, 0.05) is 40.6 Å². The summed E-state index contributed by atoms with van der Waals surface area (Å²) in [6.07, 6.45) is 2.10. The molecule has 2 heterocycles. The van der Waals surface area contributed by atoms with Crippen LogP contribution < -0.4 is 5.32 Å². The first kappa shape index (κ1) is 17.6. The standard InChI is InChI=1S/C18H21Cl2N3S/c1-18(2,3)21-17(24)23-10-9-22-8-4-5-15(22)16(23)13-7-6-12(19)11-14(13)20/h4-8,11,16H,9-10H2,1-3H3,(H,21,24). The molecule has 0 radical (unpaired) electrons. The molecule has 0 aliphatic carbocycles. The first-order chi connectivity index (χ1) is 11.3. The quantitative estimate of drug-likeness (QED) is 0.711. The highest BCUT2D eigenvalue weighted by Gasteiger charge is 2.32. The number of rotatable bonds is 1. The van der Waals surface area contributed by atoms with Gasteiger partial charge >= 0.3 is 0 Å². The fraction of sp³-hybridized carbons (Fsp3) is 0.389. The van der Waals surface area contributed by atoms with Crippen LogP contribution in [0.1, 0.15) is 38.1 Å². The Kier molecular flexibility index (Phi) is 4.82. The molecule has 6 heteroatoms. The number of halogens is 2. The van der Waals surface area contributed by atoms with Crippen LogP contribution in [0, 0.1) is 0 Å². The zero-order valence-corrected chi connectivity index (χ0v) is 16.3. The van der Waals surface area contributed by atoms with Crippen LogP contribution in [0.3, 0.4) is 0 Å². The lowest BCUT2D eigenvalue weighted by Crippen LogP contribution is -2.52. The van der Waals surface area contributed by atoms with Gasteiger partial charge in [-0.25, -0.2) is 0 Å². The molecule has 24 heavy (non-hydrogen) atoms. The Morgan fingerprint density at radius 2 is 1.96 bits per heavy atom. The van der Waals surface area contributed by atoms with Gasteiger partial charge in [-0.2, -0.15) is 0 Å². The largest absolute Gasteiger partial charge is 0.358 e. The predicted molar refractivity (Wildman–Crippen MR) is 105 cm³/mol. The highest BCUT2D eigenvalue weighted by Crippen LogP contribution is 2.37. The summed E-state index contributed by atoms with van der Waals surface area (Å²) in [5, 5.41) is 5.46. The second-order valence-electron chi connectivity index (χ2n) is 7.07. The van der Waals surface area contributed by atoms with Crippen molar-refractivity contribution in [2.45, 2.75) is 38.9 Å². The number of nitrogens with zero attached hydrogens (tertiary/aromatic N) is 2. The molecule has 0 amide bonds. The van der Waals surface area contributed by atoms with Crippen molar-refractivity contribution in [2.24, 2.45) is 0 Å². The summed E-state index contributed by atoms with van der Waals surface area (Å²) in [5.74, 6) is 0. The number of thiocarbonyl (C=S) groups is 1. The van der Waals surface area contributed by atoms with Crippen LogP contribution in [0.2, 0.25) is 10.0 Å². The molecule has 0 saturated carbocycles. The van der Waals surface area contributed by atoms with E-state index in [1.54, 1.807) is 6.07 Å². The number of benzene rings is 1. The molecular formula is C18H21Cl2N3S. The summed E-state index contributed by atoms with van der Waals surface area (Å²) in [5.41, 5.74) is 2.10. The van der Waals surface area contributed by atoms with Gasteiger partial charge in [-0.15, -0.1) is 0 Å². The van der Waals surface area contributed by atoms with Gasteiger partial charge in [-0.05, 0) is 62.8 Å². The summed E-state index contributed by atoms with van der Waals surface area (Å²) in [4.78, 5) is 2.21. The fourth-order valence-corrected chi connectivity index (χ4v) is 4.06. The fourth-order valence-electron chi connectivity index (χ4n) is 3.05. The average Bonchev–Trinajstić information content (AvgIpc) is 2.93. The number of aromatic nitrogens is 1. The van der Waals surface area contributed by atoms with E-state index >= 15 is 0 Å². The third-order valence-corrected chi connectivity index (χ3v) is 4.94. The van der Waals surface area contributed by atoms with Crippen LogP contribution in [-0.4, -0.2) is 26.7 Å². The Hall–Kier alpha value is -1.23. The van der Waals surface area contributed by atoms with E-state index in [0.29, 0.717) is 10.0 Å². The highest BCUT2D eigenvalue weighted by atomic mass is 35.5. The molecular weight excluding hydrogens is 361 g/mol. The molecule has 3 nitrogen and oxygen atoms in total. The van der Waals surface area contributed by atoms with Gasteiger partial charge in [0.2, 0.25) is 0 Å². The summed E-state index contributed by atoms with van der Waals surface area (Å²) in [6, 6.07) is 9.82. The molecule has 1 aromatic heterocycles. The van der Waals surface area contributed by atoms with Gasteiger partial charge in [0.1, 0.15) is 0 Å². The van der Waals surface area contributed by atoms with Crippen molar-refractivity contribution in [1.82, 2.24) is 14.8 Å². The van der Waals surface area contributed by atoms with Crippen molar-refractivity contribution in [3.63, 3.8) is 0 Å². The molecule has 1 aliphatic heterocycles. The minimum atomic E-state index is -0.0924. The topological polar surface area (TPSA) is 20.2 Å². The van der Waals surface area contributed by atoms with Crippen molar-refractivity contribution in [2.75, 3.05) is 6.54 Å². The maximum atomic E-state index is 6.52. The molecule has 1 unspecified atom stereocenters. The van der Waals surface area contributed by atoms with Gasteiger partial charge in [-0.1, -0.05) is 29.3 Å². The molecule has 1 atom stereocenters. The summed E-state index contributed by atoms with van der Waals surface area (Å²) < 4.78 is 2.26. The molecule has 0 saturated heterocycles. The highest BCUT2D eigenvalue weighted by molar-refractivity contribution is 7.80. The third-order valence-electron chi connectivity index (χ3n) is 4.04. The smallest absolute Gasteiger partial charge is 0.170 e. The number of hydrogen-bond acceptors (Lipinski definition) is 1. The van der Waals surface area contributed by atoms with Gasteiger partial charge < -0.3 is 14.8 Å². The number of fused-ring (bicyclic) bond motifs is 1. The van der Waals surface area contributed by atoms with Crippen LogP contribution in [0.15, 0.2) is 36.5 Å². The molecule has 0 fully saturated rings. The molecule has 1 aliphatic rings. The van der Waals surface area contributed by atoms with E-state index in [-0.39, 0.29) is 11.6 Å². The zero-order chi connectivity index (χ0) is 17.5. The predicted octanol–water partition coefficient (Wildman–Crippen LogP) is 4.87. The van der Waals surface area contributed by atoms with E-state index in [2.05, 4.69) is 53.9 Å². The molecule has 1 aromatic carbocycles. The average molecular weight is 382 g/mol. The monoisotopic (exact) mass is 381 g/mol. The lowest BCUT2D eigenvalue weighted by molar-refractivity contribution is 0.279. The van der Waals surface area contributed by atoms with Gasteiger partial charge in [0.15, 0.2) is 5.11 Å². The van der Waals surface area contributed by atoms with Crippen LogP contribution in [0.5, 0.6) is 0 Å². The van der Waals surface area contributed by atoms with Crippen molar-refractivity contribution in [3.8, 4) is 0 Å². The minimum Gasteiger partial charge on any atom is -0.358 e. The third kappa shape index (κ3) is 3.56. The van der Waals surface area contributed by atoms with E-state index in [1.807, 2.05) is 12.1 Å². The van der Waals surface area contributed by atoms with E-state index < -0.39 is 0 Å². The lowest BCUT2D eigenvalue weighted by Gasteiger charge is -2.41. The van der Waals surface area contributed by atoms with Crippen LogP contribution in [-0.2, 0) is 6.54 Å². The van der Waals surface area contributed by atoms with E-state index in [9.17, 15) is 0 Å². The molecule has 1 N–H and O–H groups in total. The van der Waals surface area contributed by atoms with Crippen molar-refractivity contribution >= 4 is 40.5 Å². The first-order valence-corrected chi connectivity index (χ1v) is 9.11. The van der Waals surface area contributed by atoms with Crippen molar-refractivity contribution < 1.29 is 0 Å². The Morgan fingerprint density at radius 1 is 1.21 bits per heavy atom. The van der Waals surface area contributed by atoms with Crippen LogP contribution >= 0.6 is 35.4 Å². The zero-order valence-electron chi connectivity index (χ0n) is 14.0. The van der Waals surface area contributed by atoms with E-state index in [1.165, 1.54) is 5.69 Å². The van der Waals surface area contributed by atoms with Crippen LogP contribution in [0.4, 0.5) is 0 Å². The van der Waals surface area contributed by atoms with Gasteiger partial charge in [0.05, 0.1) is 6.04 Å². The van der Waals surface area contributed by atoms with E-state index in [4.69, 9.17) is 35.4 Å². The van der Waals surface area contributed by atoms with Crippen LogP contribution in [0.25, 0.3) is 0 Å². The minimum absolute atomic E-state index is 0.0270. The Morgan fingerprint density at radius 3 is 2.62 bits per heavy atom. The number of nitrogens with one attached hydrogen (secondary N) is 1. The summed E-state index contributed by atoms with van der Waals surface area (Å²) >= 11 is 18.3. The number of hydrogen-bond donors (Lipinski definition) is 1. The van der Waals surface area contributed by atoms with Gasteiger partial charge in [-0.3, -0.25) is 0 Å². The molecule has 128 valence electrons. The molecule has 3 rings (SSSR count). The first-order valence-electron chi connectivity index (χ1n) is 7.95. The van der Waals surface area contributed by atoms with Gasteiger partial charge in [0.25, 0.3) is 0 Å². The lowest BCUT2D eigenvalue weighted by atomic mass is 10.00. The Bertz CT molecular complexity index is 764.